The van der Waals surface area contributed by atoms with Crippen molar-refractivity contribution in [2.75, 3.05) is 33.4 Å². The Kier molecular flexibility index (Phi) is 11.5. The Balaban J connectivity index is 0. The fourth-order valence-electron chi connectivity index (χ4n) is 0.507. The van der Waals surface area contributed by atoms with Gasteiger partial charge in [-0.05, 0) is 0 Å². The largest absolute Gasteiger partial charge is 0.391 e. The molecule has 0 aromatic carbocycles. The van der Waals surface area contributed by atoms with Crippen molar-refractivity contribution in [3.63, 3.8) is 0 Å². The van der Waals surface area contributed by atoms with E-state index in [9.17, 15) is 0 Å². The Bertz CT molecular complexity index is 100. The van der Waals surface area contributed by atoms with Gasteiger partial charge in [0, 0.05) is 0 Å². The Hall–Kier alpha value is -0.920. The van der Waals surface area contributed by atoms with Gasteiger partial charge in [-0.2, -0.15) is 0 Å². The second-order valence-corrected chi connectivity index (χ2v) is 2.13. The Labute approximate surface area is 70.0 Å². The van der Waals surface area contributed by atoms with Crippen LogP contribution in [0, 0.1) is 15.3 Å². The van der Waals surface area contributed by atoms with Crippen LogP contribution in [0.5, 0.6) is 0 Å². The first kappa shape index (κ1) is 13.7. The summed E-state index contributed by atoms with van der Waals surface area (Å²) in [6.45, 7) is 1.85. The van der Waals surface area contributed by atoms with E-state index in [2.05, 4.69) is 0 Å². The zero-order valence-corrected chi connectivity index (χ0v) is 6.89. The minimum atomic E-state index is -1.75. The number of hydrogen-bond acceptors (Lipinski definition) is 5. The number of nitrogens with one attached hydrogen (secondary N) is 1. The molecule has 0 aliphatic carbocycles. The predicted octanol–water partition coefficient (Wildman–Crippen LogP) is -2.75. The second-order valence-electron chi connectivity index (χ2n) is 2.13. The van der Waals surface area contributed by atoms with Crippen LogP contribution < -0.4 is 4.90 Å². The third-order valence-electron chi connectivity index (χ3n) is 1.08. The number of aliphatic hydroxyl groups excluding tert-OH is 2. The van der Waals surface area contributed by atoms with Crippen LogP contribution in [0.25, 0.3) is 0 Å². The number of likely N-dealkylation sites (N-methyl/N-ethyl adjacent to an activating group) is 1. The fourth-order valence-corrected chi connectivity index (χ4v) is 0.507. The van der Waals surface area contributed by atoms with Crippen LogP contribution in [0.1, 0.15) is 0 Å². The SMILES string of the molecule is C[NH+](CCO)CCO.O=[N+]([O-])[O-]. The standard InChI is InChI=1S/C5H13NO2.NO3/c1-6(2-4-7)3-5-8;2-1(3)4/h7-8H,2-5H2,1H3;/q;-1/p+1. The molecule has 0 fully saturated rings. The quantitative estimate of drug-likeness (QED) is 0.322. The molecule has 7 heteroatoms. The molecule has 0 unspecified atom stereocenters. The van der Waals surface area contributed by atoms with Crippen molar-refractivity contribution in [2.45, 2.75) is 0 Å². The summed E-state index contributed by atoms with van der Waals surface area (Å²) in [6, 6.07) is 0. The zero-order chi connectivity index (χ0) is 9.98. The van der Waals surface area contributed by atoms with E-state index in [0.29, 0.717) is 0 Å². The summed E-state index contributed by atoms with van der Waals surface area (Å²) in [5.41, 5.74) is 0. The normalized spacial score (nSPS) is 9.00. The minimum Gasteiger partial charge on any atom is -0.391 e. The van der Waals surface area contributed by atoms with Crippen molar-refractivity contribution in [2.24, 2.45) is 0 Å². The van der Waals surface area contributed by atoms with Crippen LogP contribution in [0.4, 0.5) is 0 Å². The van der Waals surface area contributed by atoms with Gasteiger partial charge in [0.25, 0.3) is 0 Å². The van der Waals surface area contributed by atoms with Crippen LogP contribution in [0.3, 0.4) is 0 Å². The lowest BCUT2D eigenvalue weighted by atomic mass is 10.5. The minimum absolute atomic E-state index is 0.200. The van der Waals surface area contributed by atoms with Gasteiger partial charge in [-0.25, -0.2) is 0 Å². The summed E-state index contributed by atoms with van der Waals surface area (Å²) in [5, 5.41) is 31.5. The van der Waals surface area contributed by atoms with E-state index in [0.717, 1.165) is 18.0 Å². The van der Waals surface area contributed by atoms with Crippen molar-refractivity contribution >= 4 is 0 Å². The highest BCUT2D eigenvalue weighted by atomic mass is 16.9. The van der Waals surface area contributed by atoms with E-state index in [4.69, 9.17) is 25.5 Å². The van der Waals surface area contributed by atoms with Crippen molar-refractivity contribution in [1.82, 2.24) is 0 Å². The predicted molar refractivity (Wildman–Crippen MR) is 41.2 cm³/mol. The van der Waals surface area contributed by atoms with Crippen LogP contribution in [-0.2, 0) is 0 Å². The van der Waals surface area contributed by atoms with Crippen molar-refractivity contribution < 1.29 is 20.2 Å². The van der Waals surface area contributed by atoms with Gasteiger partial charge in [-0.1, -0.05) is 0 Å². The molecule has 7 nitrogen and oxygen atoms in total. The highest BCUT2D eigenvalue weighted by molar-refractivity contribution is 4.20. The van der Waals surface area contributed by atoms with E-state index < -0.39 is 5.09 Å². The molecule has 0 rings (SSSR count). The van der Waals surface area contributed by atoms with Crippen molar-refractivity contribution in [3.8, 4) is 0 Å². The molecular weight excluding hydrogens is 168 g/mol. The molecule has 0 aromatic heterocycles. The van der Waals surface area contributed by atoms with Gasteiger partial charge in [0.2, 0.25) is 0 Å². The molecule has 0 bridgehead atoms. The maximum atomic E-state index is 8.36. The average molecular weight is 182 g/mol. The van der Waals surface area contributed by atoms with Crippen LogP contribution in [0.15, 0.2) is 0 Å². The summed E-state index contributed by atoms with van der Waals surface area (Å²) in [5.74, 6) is 0. The number of quaternary nitrogens is 1. The van der Waals surface area contributed by atoms with E-state index in [1.54, 1.807) is 0 Å². The highest BCUT2D eigenvalue weighted by Crippen LogP contribution is 1.45. The Morgan fingerprint density at radius 3 is 1.67 bits per heavy atom. The lowest BCUT2D eigenvalue weighted by Crippen LogP contribution is -3.10. The first-order chi connectivity index (χ1) is 5.54. The summed E-state index contributed by atoms with van der Waals surface area (Å²) in [4.78, 5) is 9.41. The maximum Gasteiger partial charge on any atom is 0.100 e. The second kappa shape index (κ2) is 10.1. The smallest absolute Gasteiger partial charge is 0.100 e. The van der Waals surface area contributed by atoms with E-state index in [-0.39, 0.29) is 13.2 Å². The van der Waals surface area contributed by atoms with E-state index in [1.165, 1.54) is 0 Å². The molecule has 74 valence electrons. The molecule has 0 atom stereocenters. The average Bonchev–Trinajstić information content (AvgIpc) is 1.87. The molecule has 0 aliphatic heterocycles. The van der Waals surface area contributed by atoms with Crippen LogP contribution in [0.2, 0.25) is 0 Å². The van der Waals surface area contributed by atoms with Gasteiger partial charge >= 0.3 is 0 Å². The van der Waals surface area contributed by atoms with Crippen LogP contribution in [-0.4, -0.2) is 48.7 Å². The van der Waals surface area contributed by atoms with Gasteiger partial charge in [-0.3, -0.25) is 0 Å². The molecule has 0 heterocycles. The number of rotatable bonds is 4. The molecule has 0 spiro atoms. The molecule has 0 aliphatic rings. The van der Waals surface area contributed by atoms with Gasteiger partial charge < -0.3 is 30.4 Å². The molecule has 0 amide bonds. The lowest BCUT2D eigenvalue weighted by Gasteiger charge is -2.08. The molecule has 3 N–H and O–H groups in total. The van der Waals surface area contributed by atoms with Gasteiger partial charge in [0.1, 0.15) is 13.1 Å². The maximum absolute atomic E-state index is 8.36. The monoisotopic (exact) mass is 182 g/mol. The summed E-state index contributed by atoms with van der Waals surface area (Å²) in [7, 11) is 1.94. The summed E-state index contributed by atoms with van der Waals surface area (Å²) >= 11 is 0. The van der Waals surface area contributed by atoms with Gasteiger partial charge in [-0.15, -0.1) is 0 Å². The summed E-state index contributed by atoms with van der Waals surface area (Å²) < 4.78 is 0. The number of aliphatic hydroxyl groups is 2. The Morgan fingerprint density at radius 2 is 1.50 bits per heavy atom. The zero-order valence-electron chi connectivity index (χ0n) is 6.89. The molecular formula is C5H14N2O5. The first-order valence-corrected chi connectivity index (χ1v) is 3.39. The number of nitrogens with zero attached hydrogens (tertiary/aromatic N) is 1. The topological polar surface area (TPSA) is 111 Å². The summed E-state index contributed by atoms with van der Waals surface area (Å²) in [6.07, 6.45) is 0. The Morgan fingerprint density at radius 1 is 1.25 bits per heavy atom. The van der Waals surface area contributed by atoms with Crippen molar-refractivity contribution in [1.29, 1.82) is 0 Å². The lowest BCUT2D eigenvalue weighted by molar-refractivity contribution is -0.880. The molecule has 12 heavy (non-hydrogen) atoms. The first-order valence-electron chi connectivity index (χ1n) is 3.39. The number of hydrogen-bond donors (Lipinski definition) is 3. The van der Waals surface area contributed by atoms with E-state index >= 15 is 0 Å². The molecule has 0 saturated heterocycles. The van der Waals surface area contributed by atoms with Crippen LogP contribution >= 0.6 is 0 Å². The molecule has 0 aromatic rings. The highest BCUT2D eigenvalue weighted by Gasteiger charge is 1.95. The molecule has 0 radical (unpaired) electrons. The van der Waals surface area contributed by atoms with Crippen molar-refractivity contribution in [3.05, 3.63) is 15.3 Å². The third-order valence-corrected chi connectivity index (χ3v) is 1.08. The van der Waals surface area contributed by atoms with Gasteiger partial charge in [0.05, 0.1) is 25.3 Å². The molecule has 0 saturated carbocycles. The van der Waals surface area contributed by atoms with Gasteiger partial charge in [0.15, 0.2) is 0 Å². The van der Waals surface area contributed by atoms with E-state index in [1.807, 2.05) is 7.05 Å². The third kappa shape index (κ3) is 23.0. The fraction of sp³-hybridized carbons (Fsp3) is 1.00.